The van der Waals surface area contributed by atoms with Gasteiger partial charge in [0.2, 0.25) is 11.8 Å². The molecular formula is C23H24N4O2. The smallest absolute Gasteiger partial charge is 0.231 e. The lowest BCUT2D eigenvalue weighted by molar-refractivity contribution is -0.130. The number of piperazine rings is 1. The minimum absolute atomic E-state index is 0.143. The summed E-state index contributed by atoms with van der Waals surface area (Å²) in [6.07, 6.45) is 2.85. The molecule has 3 aromatic rings. The Balaban J connectivity index is 1.23. The Morgan fingerprint density at radius 2 is 1.86 bits per heavy atom. The number of fused-ring (bicyclic) bond motifs is 2. The lowest BCUT2D eigenvalue weighted by Gasteiger charge is -2.36. The summed E-state index contributed by atoms with van der Waals surface area (Å²) in [5.41, 5.74) is 5.36. The van der Waals surface area contributed by atoms with Gasteiger partial charge in [0.05, 0.1) is 12.8 Å². The van der Waals surface area contributed by atoms with Gasteiger partial charge >= 0.3 is 0 Å². The molecule has 0 radical (unpaired) electrons. The monoisotopic (exact) mass is 388 g/mol. The molecule has 6 nitrogen and oxygen atoms in total. The lowest BCUT2D eigenvalue weighted by Crippen LogP contribution is -2.49. The second kappa shape index (κ2) is 6.95. The average Bonchev–Trinajstić information content (AvgIpc) is 3.28. The molecule has 2 aliphatic rings. The Labute approximate surface area is 169 Å². The molecule has 0 spiro atoms. The van der Waals surface area contributed by atoms with Crippen LogP contribution in [0, 0.1) is 0 Å². The number of anilines is 2. The Kier molecular flexibility index (Phi) is 4.27. The summed E-state index contributed by atoms with van der Waals surface area (Å²) in [4.78, 5) is 34.0. The number of aromatic nitrogens is 1. The molecule has 6 heteroatoms. The van der Waals surface area contributed by atoms with Crippen LogP contribution < -0.4 is 9.80 Å². The number of carbonyl (C=O) groups excluding carboxylic acids is 2. The summed E-state index contributed by atoms with van der Waals surface area (Å²) in [7, 11) is 1.83. The van der Waals surface area contributed by atoms with Gasteiger partial charge in [-0.15, -0.1) is 0 Å². The number of hydrogen-bond donors (Lipinski definition) is 1. The van der Waals surface area contributed by atoms with Crippen molar-refractivity contribution in [2.75, 3.05) is 43.0 Å². The molecular weight excluding hydrogens is 364 g/mol. The van der Waals surface area contributed by atoms with Crippen LogP contribution >= 0.6 is 0 Å². The van der Waals surface area contributed by atoms with Gasteiger partial charge in [0.1, 0.15) is 0 Å². The molecule has 0 unspecified atom stereocenters. The molecule has 1 aromatic heterocycles. The van der Waals surface area contributed by atoms with Crippen molar-refractivity contribution in [1.29, 1.82) is 0 Å². The van der Waals surface area contributed by atoms with Gasteiger partial charge in [0.25, 0.3) is 0 Å². The van der Waals surface area contributed by atoms with Crippen LogP contribution in [0.25, 0.3) is 10.9 Å². The zero-order valence-electron chi connectivity index (χ0n) is 16.5. The predicted octanol–water partition coefficient (Wildman–Crippen LogP) is 2.58. The Morgan fingerprint density at radius 1 is 1.07 bits per heavy atom. The first-order chi connectivity index (χ1) is 14.1. The van der Waals surface area contributed by atoms with Crippen molar-refractivity contribution >= 4 is 34.1 Å². The zero-order valence-corrected chi connectivity index (χ0v) is 16.5. The number of carbonyl (C=O) groups is 2. The van der Waals surface area contributed by atoms with Gasteiger partial charge in [-0.1, -0.05) is 18.2 Å². The maximum atomic E-state index is 12.8. The SMILES string of the molecule is CN1C(=O)Cc2cc(N3CCN(C(=O)Cc4c[nH]c5ccccc45)CC3)ccc21. The van der Waals surface area contributed by atoms with E-state index in [4.69, 9.17) is 0 Å². The van der Waals surface area contributed by atoms with Crippen LogP contribution in [-0.2, 0) is 22.4 Å². The Morgan fingerprint density at radius 3 is 2.69 bits per heavy atom. The third-order valence-corrected chi connectivity index (χ3v) is 6.15. The van der Waals surface area contributed by atoms with Gasteiger partial charge < -0.3 is 19.7 Å². The average molecular weight is 388 g/mol. The third-order valence-electron chi connectivity index (χ3n) is 6.15. The van der Waals surface area contributed by atoms with Crippen molar-refractivity contribution < 1.29 is 9.59 Å². The molecule has 5 rings (SSSR count). The van der Waals surface area contributed by atoms with E-state index in [2.05, 4.69) is 28.1 Å². The van der Waals surface area contributed by atoms with Crippen LogP contribution in [0.15, 0.2) is 48.7 Å². The molecule has 0 bridgehead atoms. The summed E-state index contributed by atoms with van der Waals surface area (Å²) in [6, 6.07) is 14.3. The van der Waals surface area contributed by atoms with E-state index in [0.717, 1.165) is 59.6 Å². The highest BCUT2D eigenvalue weighted by Crippen LogP contribution is 2.31. The van der Waals surface area contributed by atoms with Crippen LogP contribution in [0.5, 0.6) is 0 Å². The van der Waals surface area contributed by atoms with E-state index in [1.165, 1.54) is 0 Å². The highest BCUT2D eigenvalue weighted by Gasteiger charge is 2.26. The number of nitrogens with one attached hydrogen (secondary N) is 1. The van der Waals surface area contributed by atoms with Crippen molar-refractivity contribution in [3.63, 3.8) is 0 Å². The maximum absolute atomic E-state index is 12.8. The van der Waals surface area contributed by atoms with Crippen LogP contribution in [0.2, 0.25) is 0 Å². The number of likely N-dealkylation sites (N-methyl/N-ethyl adjacent to an activating group) is 1. The zero-order chi connectivity index (χ0) is 20.0. The molecule has 148 valence electrons. The lowest BCUT2D eigenvalue weighted by atomic mass is 10.1. The largest absolute Gasteiger partial charge is 0.368 e. The molecule has 1 N–H and O–H groups in total. The first-order valence-electron chi connectivity index (χ1n) is 10.1. The molecule has 0 atom stereocenters. The van der Waals surface area contributed by atoms with Gasteiger partial charge in [-0.25, -0.2) is 0 Å². The van der Waals surface area contributed by atoms with Crippen LogP contribution in [0.3, 0.4) is 0 Å². The number of H-pyrrole nitrogens is 1. The van der Waals surface area contributed by atoms with E-state index < -0.39 is 0 Å². The molecule has 0 saturated carbocycles. The number of benzene rings is 2. The van der Waals surface area contributed by atoms with Gasteiger partial charge in [0, 0.05) is 61.7 Å². The normalized spacial score (nSPS) is 16.6. The summed E-state index contributed by atoms with van der Waals surface area (Å²) in [5.74, 6) is 0.320. The van der Waals surface area contributed by atoms with E-state index in [1.54, 1.807) is 4.90 Å². The number of aromatic amines is 1. The molecule has 2 aromatic carbocycles. The molecule has 1 fully saturated rings. The van der Waals surface area contributed by atoms with Crippen molar-refractivity contribution in [3.8, 4) is 0 Å². The molecule has 29 heavy (non-hydrogen) atoms. The fourth-order valence-corrected chi connectivity index (χ4v) is 4.42. The molecule has 0 aliphatic carbocycles. The summed E-state index contributed by atoms with van der Waals surface area (Å²) >= 11 is 0. The van der Waals surface area contributed by atoms with Crippen LogP contribution in [0.4, 0.5) is 11.4 Å². The predicted molar refractivity (Wildman–Crippen MR) is 114 cm³/mol. The van der Waals surface area contributed by atoms with Crippen molar-refractivity contribution in [2.45, 2.75) is 12.8 Å². The Bertz CT molecular complexity index is 1100. The second-order valence-corrected chi connectivity index (χ2v) is 7.85. The number of nitrogens with zero attached hydrogens (tertiary/aromatic N) is 3. The highest BCUT2D eigenvalue weighted by molar-refractivity contribution is 6.01. The van der Waals surface area contributed by atoms with Crippen molar-refractivity contribution in [2.24, 2.45) is 0 Å². The number of para-hydroxylation sites is 1. The van der Waals surface area contributed by atoms with Crippen LogP contribution in [0.1, 0.15) is 11.1 Å². The molecule has 1 saturated heterocycles. The standard InChI is InChI=1S/C23H24N4O2/c1-25-21-7-6-18(12-16(21)13-22(25)28)26-8-10-27(11-9-26)23(29)14-17-15-24-20-5-3-2-4-19(17)20/h2-7,12,15,24H,8-11,13-14H2,1H3. The third kappa shape index (κ3) is 3.14. The minimum atomic E-state index is 0.143. The summed E-state index contributed by atoms with van der Waals surface area (Å²) in [6.45, 7) is 3.05. The maximum Gasteiger partial charge on any atom is 0.231 e. The van der Waals surface area contributed by atoms with Gasteiger partial charge in [0.15, 0.2) is 0 Å². The van der Waals surface area contributed by atoms with Gasteiger partial charge in [-0.3, -0.25) is 9.59 Å². The van der Waals surface area contributed by atoms with Crippen molar-refractivity contribution in [1.82, 2.24) is 9.88 Å². The van der Waals surface area contributed by atoms with E-state index >= 15 is 0 Å². The van der Waals surface area contributed by atoms with Crippen LogP contribution in [-0.4, -0.2) is 54.9 Å². The summed E-state index contributed by atoms with van der Waals surface area (Å²) in [5, 5.41) is 1.12. The molecule has 3 heterocycles. The minimum Gasteiger partial charge on any atom is -0.368 e. The van der Waals surface area contributed by atoms with Gasteiger partial charge in [-0.05, 0) is 35.4 Å². The van der Waals surface area contributed by atoms with E-state index in [-0.39, 0.29) is 11.8 Å². The van der Waals surface area contributed by atoms with E-state index in [1.807, 2.05) is 42.4 Å². The quantitative estimate of drug-likeness (QED) is 0.750. The number of hydrogen-bond acceptors (Lipinski definition) is 3. The first-order valence-corrected chi connectivity index (χ1v) is 10.1. The second-order valence-electron chi connectivity index (χ2n) is 7.85. The fraction of sp³-hybridized carbons (Fsp3) is 0.304. The molecule has 2 amide bonds. The summed E-state index contributed by atoms with van der Waals surface area (Å²) < 4.78 is 0. The number of rotatable bonds is 3. The highest BCUT2D eigenvalue weighted by atomic mass is 16.2. The van der Waals surface area contributed by atoms with E-state index in [0.29, 0.717) is 12.8 Å². The van der Waals surface area contributed by atoms with E-state index in [9.17, 15) is 9.59 Å². The fourth-order valence-electron chi connectivity index (χ4n) is 4.42. The van der Waals surface area contributed by atoms with Crippen molar-refractivity contribution in [3.05, 3.63) is 59.8 Å². The topological polar surface area (TPSA) is 59.7 Å². The molecule has 2 aliphatic heterocycles. The first kappa shape index (κ1) is 17.8. The number of amides is 2. The van der Waals surface area contributed by atoms with Gasteiger partial charge in [-0.2, -0.15) is 0 Å². The Hall–Kier alpha value is -3.28.